The van der Waals surface area contributed by atoms with Crippen LogP contribution in [-0.2, 0) is 9.47 Å². The van der Waals surface area contributed by atoms with E-state index in [1.54, 1.807) is 0 Å². The van der Waals surface area contributed by atoms with E-state index in [9.17, 15) is 0 Å². The first kappa shape index (κ1) is 20.1. The fourth-order valence-corrected chi connectivity index (χ4v) is 4.51. The highest BCUT2D eigenvalue weighted by Crippen LogP contribution is 2.31. The Kier molecular flexibility index (Phi) is 6.02. The van der Waals surface area contributed by atoms with Gasteiger partial charge in [0.2, 0.25) is 5.71 Å². The third-order valence-electron chi connectivity index (χ3n) is 6.20. The van der Waals surface area contributed by atoms with Crippen molar-refractivity contribution in [3.8, 4) is 0 Å². The maximum Gasteiger partial charge on any atom is 0.200 e. The van der Waals surface area contributed by atoms with Crippen LogP contribution < -0.4 is 4.90 Å². The molecule has 0 N–H and O–H groups in total. The van der Waals surface area contributed by atoms with E-state index < -0.39 is 0 Å². The lowest BCUT2D eigenvalue weighted by Crippen LogP contribution is -2.36. The van der Waals surface area contributed by atoms with Gasteiger partial charge in [-0.25, -0.2) is 4.58 Å². The van der Waals surface area contributed by atoms with E-state index >= 15 is 0 Å². The van der Waals surface area contributed by atoms with Crippen molar-refractivity contribution in [2.75, 3.05) is 57.5 Å². The summed E-state index contributed by atoms with van der Waals surface area (Å²) in [5.41, 5.74) is 10.7. The molecule has 0 saturated carbocycles. The second-order valence-corrected chi connectivity index (χ2v) is 8.33. The monoisotopic (exact) mass is 393 g/mol. The molecule has 0 atom stereocenters. The summed E-state index contributed by atoms with van der Waals surface area (Å²) in [5.74, 6) is 0. The molecule has 4 heteroatoms. The molecule has 2 heterocycles. The molecule has 2 aliphatic heterocycles. The summed E-state index contributed by atoms with van der Waals surface area (Å²) >= 11 is 0. The van der Waals surface area contributed by atoms with Crippen molar-refractivity contribution in [1.29, 1.82) is 0 Å². The van der Waals surface area contributed by atoms with E-state index in [1.807, 2.05) is 0 Å². The smallest absolute Gasteiger partial charge is 0.200 e. The molecule has 1 aliphatic carbocycles. The van der Waals surface area contributed by atoms with Crippen molar-refractivity contribution in [2.45, 2.75) is 27.7 Å². The number of anilines is 1. The summed E-state index contributed by atoms with van der Waals surface area (Å²) in [7, 11) is 0. The Morgan fingerprint density at radius 2 is 1.38 bits per heavy atom. The Hall–Kier alpha value is -2.17. The average molecular weight is 394 g/mol. The lowest BCUT2D eigenvalue weighted by atomic mass is 9.89. The van der Waals surface area contributed by atoms with Crippen LogP contribution >= 0.6 is 0 Å². The summed E-state index contributed by atoms with van der Waals surface area (Å²) in [6, 6.07) is 4.66. The second-order valence-electron chi connectivity index (χ2n) is 8.33. The van der Waals surface area contributed by atoms with E-state index in [-0.39, 0.29) is 0 Å². The Bertz CT molecular complexity index is 860. The molecule has 3 aliphatic rings. The van der Waals surface area contributed by atoms with Gasteiger partial charge in [-0.3, -0.25) is 0 Å². The van der Waals surface area contributed by atoms with E-state index in [2.05, 4.69) is 67.5 Å². The zero-order chi connectivity index (χ0) is 20.4. The molecule has 0 radical (unpaired) electrons. The van der Waals surface area contributed by atoms with Gasteiger partial charge in [0.1, 0.15) is 13.2 Å². The number of benzene rings is 1. The molecule has 4 rings (SSSR count). The van der Waals surface area contributed by atoms with Gasteiger partial charge >= 0.3 is 0 Å². The van der Waals surface area contributed by atoms with Crippen molar-refractivity contribution >= 4 is 17.5 Å². The van der Waals surface area contributed by atoms with Crippen LogP contribution in [0.15, 0.2) is 41.0 Å². The summed E-state index contributed by atoms with van der Waals surface area (Å²) < 4.78 is 13.4. The first-order valence-electron chi connectivity index (χ1n) is 10.8. The van der Waals surface area contributed by atoms with Gasteiger partial charge in [0.05, 0.1) is 13.2 Å². The van der Waals surface area contributed by atoms with Crippen molar-refractivity contribution in [3.05, 3.63) is 57.7 Å². The Morgan fingerprint density at radius 1 is 0.828 bits per heavy atom. The second kappa shape index (κ2) is 8.68. The third-order valence-corrected chi connectivity index (χ3v) is 6.20. The lowest BCUT2D eigenvalue weighted by Gasteiger charge is -2.30. The van der Waals surface area contributed by atoms with Crippen LogP contribution in [0.3, 0.4) is 0 Å². The number of nitrogens with zero attached hydrogens (tertiary/aromatic N) is 2. The number of ether oxygens (including phenoxy) is 2. The molecular formula is C25H33N2O2+. The van der Waals surface area contributed by atoms with E-state index in [0.717, 1.165) is 52.6 Å². The maximum atomic E-state index is 5.51. The highest BCUT2D eigenvalue weighted by atomic mass is 16.5. The highest BCUT2D eigenvalue weighted by Gasteiger charge is 2.21. The van der Waals surface area contributed by atoms with Crippen molar-refractivity contribution in [3.63, 3.8) is 0 Å². The number of hydrogen-bond acceptors (Lipinski definition) is 3. The van der Waals surface area contributed by atoms with Gasteiger partial charge in [0.25, 0.3) is 0 Å². The zero-order valence-electron chi connectivity index (χ0n) is 18.3. The van der Waals surface area contributed by atoms with Crippen molar-refractivity contribution < 1.29 is 14.0 Å². The predicted molar refractivity (Wildman–Crippen MR) is 120 cm³/mol. The van der Waals surface area contributed by atoms with Gasteiger partial charge < -0.3 is 14.4 Å². The van der Waals surface area contributed by atoms with Gasteiger partial charge in [0.15, 0.2) is 13.1 Å². The van der Waals surface area contributed by atoms with Crippen molar-refractivity contribution in [2.24, 2.45) is 0 Å². The fourth-order valence-electron chi connectivity index (χ4n) is 4.51. The number of morpholine rings is 2. The van der Waals surface area contributed by atoms with Crippen LogP contribution in [0.25, 0.3) is 6.08 Å². The Balaban J connectivity index is 1.65. The molecule has 29 heavy (non-hydrogen) atoms. The van der Waals surface area contributed by atoms with E-state index in [1.165, 1.54) is 44.8 Å². The molecule has 0 spiro atoms. The number of rotatable bonds is 2. The Morgan fingerprint density at radius 3 is 1.97 bits per heavy atom. The number of allylic oxidation sites excluding steroid dienone is 5. The summed E-state index contributed by atoms with van der Waals surface area (Å²) in [4.78, 5) is 2.43. The summed E-state index contributed by atoms with van der Waals surface area (Å²) in [6.45, 7) is 16.1. The van der Waals surface area contributed by atoms with Gasteiger partial charge in [0, 0.05) is 30.9 Å². The molecule has 2 saturated heterocycles. The zero-order valence-corrected chi connectivity index (χ0v) is 18.3. The molecule has 1 aromatic carbocycles. The van der Waals surface area contributed by atoms with Crippen LogP contribution in [-0.4, -0.2) is 62.9 Å². The highest BCUT2D eigenvalue weighted by molar-refractivity contribution is 6.04. The molecular weight excluding hydrogens is 360 g/mol. The molecule has 4 nitrogen and oxygen atoms in total. The number of aryl methyl sites for hydroxylation is 2. The van der Waals surface area contributed by atoms with Crippen LogP contribution in [0, 0.1) is 13.8 Å². The molecule has 154 valence electrons. The minimum absolute atomic E-state index is 0.819. The minimum atomic E-state index is 0.819. The van der Waals surface area contributed by atoms with E-state index in [4.69, 9.17) is 9.47 Å². The van der Waals surface area contributed by atoms with Crippen LogP contribution in [0.2, 0.25) is 0 Å². The third kappa shape index (κ3) is 4.39. The maximum absolute atomic E-state index is 5.51. The minimum Gasteiger partial charge on any atom is -0.378 e. The molecule has 0 bridgehead atoms. The van der Waals surface area contributed by atoms with Gasteiger partial charge in [-0.2, -0.15) is 0 Å². The fraction of sp³-hybridized carbons (Fsp3) is 0.480. The molecule has 0 aromatic heterocycles. The van der Waals surface area contributed by atoms with Crippen LogP contribution in [0.4, 0.5) is 5.69 Å². The SMILES string of the molecule is CC1=CC(=[N+]2CCOCC2)C=C(C)C1=Cc1c(C)cc(N2CCOCC2)cc1C. The topological polar surface area (TPSA) is 24.7 Å². The Labute approximate surface area is 174 Å². The van der Waals surface area contributed by atoms with Crippen LogP contribution in [0.1, 0.15) is 30.5 Å². The lowest BCUT2D eigenvalue weighted by molar-refractivity contribution is -0.547. The van der Waals surface area contributed by atoms with Gasteiger partial charge in [-0.05, 0) is 79.3 Å². The first-order valence-corrected chi connectivity index (χ1v) is 10.8. The van der Waals surface area contributed by atoms with Crippen LogP contribution in [0.5, 0.6) is 0 Å². The summed E-state index contributed by atoms with van der Waals surface area (Å²) in [5, 5.41) is 0. The van der Waals surface area contributed by atoms with E-state index in [0.29, 0.717) is 0 Å². The molecule has 1 aromatic rings. The largest absolute Gasteiger partial charge is 0.378 e. The first-order chi connectivity index (χ1) is 14.0. The van der Waals surface area contributed by atoms with Gasteiger partial charge in [-0.15, -0.1) is 0 Å². The van der Waals surface area contributed by atoms with Gasteiger partial charge in [-0.1, -0.05) is 0 Å². The standard InChI is InChI=1S/C25H33N2O2/c1-18-13-22(26-5-9-28-10-6-26)14-19(2)24(18)17-25-20(3)15-23(16-21(25)4)27-7-11-29-12-8-27/h13-17H,5-12H2,1-4H3/q+1. The molecule has 0 unspecified atom stereocenters. The number of hydrogen-bond donors (Lipinski definition) is 0. The molecule has 0 amide bonds. The predicted octanol–water partition coefficient (Wildman–Crippen LogP) is 3.91. The quantitative estimate of drug-likeness (QED) is 0.712. The summed E-state index contributed by atoms with van der Waals surface area (Å²) in [6.07, 6.45) is 7.04. The average Bonchev–Trinajstić information content (AvgIpc) is 2.73. The van der Waals surface area contributed by atoms with Crippen molar-refractivity contribution in [1.82, 2.24) is 0 Å². The molecule has 2 fully saturated rings. The normalized spacial score (nSPS) is 20.6.